The molecule has 0 unspecified atom stereocenters. The number of pyridine rings is 1. The van der Waals surface area contributed by atoms with E-state index in [4.69, 9.17) is 5.26 Å². The summed E-state index contributed by atoms with van der Waals surface area (Å²) >= 11 is 0. The van der Waals surface area contributed by atoms with Gasteiger partial charge < -0.3 is 4.90 Å². The third-order valence-corrected chi connectivity index (χ3v) is 3.98. The molecule has 3 rings (SSSR count). The highest BCUT2D eigenvalue weighted by Gasteiger charge is 2.20. The van der Waals surface area contributed by atoms with E-state index in [0.717, 1.165) is 29.1 Å². The van der Waals surface area contributed by atoms with Crippen molar-refractivity contribution < 1.29 is 0 Å². The van der Waals surface area contributed by atoms with E-state index in [1.165, 1.54) is 19.3 Å². The summed E-state index contributed by atoms with van der Waals surface area (Å²) in [6.45, 7) is 1.07. The zero-order valence-electron chi connectivity index (χ0n) is 11.1. The number of rotatable bonds is 3. The zero-order chi connectivity index (χ0) is 13.2. The SMILES string of the molecule is CN(CC1CCC1)c1cc(C#N)nc2ccccc12. The maximum atomic E-state index is 9.11. The number of anilines is 1. The molecule has 1 aromatic heterocycles. The fourth-order valence-corrected chi connectivity index (χ4v) is 2.69. The molecule has 0 spiro atoms. The molecule has 0 amide bonds. The van der Waals surface area contributed by atoms with Gasteiger partial charge in [-0.05, 0) is 30.9 Å². The number of hydrogen-bond donors (Lipinski definition) is 0. The molecule has 1 aromatic carbocycles. The first kappa shape index (κ1) is 12.0. The third kappa shape index (κ3) is 2.26. The Labute approximate surface area is 113 Å². The highest BCUT2D eigenvalue weighted by Crippen LogP contribution is 2.31. The van der Waals surface area contributed by atoms with Crippen LogP contribution in [0.4, 0.5) is 5.69 Å². The lowest BCUT2D eigenvalue weighted by Crippen LogP contribution is -2.29. The van der Waals surface area contributed by atoms with Crippen LogP contribution in [0.3, 0.4) is 0 Å². The Balaban J connectivity index is 2.02. The van der Waals surface area contributed by atoms with E-state index in [2.05, 4.69) is 29.1 Å². The van der Waals surface area contributed by atoms with Crippen LogP contribution >= 0.6 is 0 Å². The van der Waals surface area contributed by atoms with Crippen molar-refractivity contribution in [3.05, 3.63) is 36.0 Å². The summed E-state index contributed by atoms with van der Waals surface area (Å²) in [5.74, 6) is 0.808. The van der Waals surface area contributed by atoms with Gasteiger partial charge in [0.2, 0.25) is 0 Å². The smallest absolute Gasteiger partial charge is 0.143 e. The maximum absolute atomic E-state index is 9.11. The van der Waals surface area contributed by atoms with E-state index in [1.54, 1.807) is 0 Å². The molecule has 1 aliphatic carbocycles. The van der Waals surface area contributed by atoms with Crippen molar-refractivity contribution >= 4 is 16.6 Å². The average Bonchev–Trinajstić information content (AvgIpc) is 2.41. The molecule has 2 aromatic rings. The van der Waals surface area contributed by atoms with Gasteiger partial charge >= 0.3 is 0 Å². The molecule has 1 saturated carbocycles. The van der Waals surface area contributed by atoms with Crippen LogP contribution in [0, 0.1) is 17.2 Å². The Morgan fingerprint density at radius 2 is 2.16 bits per heavy atom. The highest BCUT2D eigenvalue weighted by molar-refractivity contribution is 5.92. The van der Waals surface area contributed by atoms with Crippen molar-refractivity contribution in [2.75, 3.05) is 18.5 Å². The largest absolute Gasteiger partial charge is 0.374 e. The second kappa shape index (κ2) is 4.89. The molecule has 0 aliphatic heterocycles. The molecule has 0 atom stereocenters. The van der Waals surface area contributed by atoms with E-state index < -0.39 is 0 Å². The standard InChI is InChI=1S/C16H17N3/c1-19(11-12-5-4-6-12)16-9-13(10-17)18-15-8-3-2-7-14(15)16/h2-3,7-9,12H,4-6,11H2,1H3. The van der Waals surface area contributed by atoms with Crippen LogP contribution in [-0.4, -0.2) is 18.6 Å². The summed E-state index contributed by atoms with van der Waals surface area (Å²) in [6, 6.07) is 12.1. The van der Waals surface area contributed by atoms with Crippen molar-refractivity contribution in [2.45, 2.75) is 19.3 Å². The maximum Gasteiger partial charge on any atom is 0.143 e. The average molecular weight is 251 g/mol. The Morgan fingerprint density at radius 3 is 2.84 bits per heavy atom. The topological polar surface area (TPSA) is 39.9 Å². The minimum absolute atomic E-state index is 0.495. The number of nitrogens with zero attached hydrogens (tertiary/aromatic N) is 3. The first-order chi connectivity index (χ1) is 9.28. The predicted octanol–water partition coefficient (Wildman–Crippen LogP) is 3.34. The van der Waals surface area contributed by atoms with Crippen molar-refractivity contribution in [1.29, 1.82) is 5.26 Å². The second-order valence-electron chi connectivity index (χ2n) is 5.33. The third-order valence-electron chi connectivity index (χ3n) is 3.98. The molecule has 0 saturated heterocycles. The molecular formula is C16H17N3. The van der Waals surface area contributed by atoms with Crippen LogP contribution < -0.4 is 4.90 Å². The van der Waals surface area contributed by atoms with Crippen LogP contribution in [-0.2, 0) is 0 Å². The second-order valence-corrected chi connectivity index (χ2v) is 5.33. The molecule has 3 heteroatoms. The number of benzene rings is 1. The van der Waals surface area contributed by atoms with Crippen LogP contribution in [0.15, 0.2) is 30.3 Å². The van der Waals surface area contributed by atoms with E-state index in [1.807, 2.05) is 24.3 Å². The molecule has 96 valence electrons. The lowest BCUT2D eigenvalue weighted by Gasteiger charge is -2.31. The number of aromatic nitrogens is 1. The number of para-hydroxylation sites is 1. The first-order valence-electron chi connectivity index (χ1n) is 6.79. The normalized spacial score (nSPS) is 14.9. The summed E-state index contributed by atoms with van der Waals surface area (Å²) in [6.07, 6.45) is 4.02. The summed E-state index contributed by atoms with van der Waals surface area (Å²) in [7, 11) is 2.11. The molecule has 1 heterocycles. The summed E-state index contributed by atoms with van der Waals surface area (Å²) in [4.78, 5) is 6.63. The quantitative estimate of drug-likeness (QED) is 0.840. The van der Waals surface area contributed by atoms with Gasteiger partial charge in [0.1, 0.15) is 11.8 Å². The van der Waals surface area contributed by atoms with Gasteiger partial charge in [0.25, 0.3) is 0 Å². The van der Waals surface area contributed by atoms with Crippen LogP contribution in [0.5, 0.6) is 0 Å². The number of hydrogen-bond acceptors (Lipinski definition) is 3. The van der Waals surface area contributed by atoms with E-state index in [0.29, 0.717) is 5.69 Å². The minimum Gasteiger partial charge on any atom is -0.374 e. The summed E-state index contributed by atoms with van der Waals surface area (Å²) in [5, 5.41) is 10.2. The summed E-state index contributed by atoms with van der Waals surface area (Å²) in [5.41, 5.74) is 2.51. The fourth-order valence-electron chi connectivity index (χ4n) is 2.69. The summed E-state index contributed by atoms with van der Waals surface area (Å²) < 4.78 is 0. The van der Waals surface area contributed by atoms with Crippen molar-refractivity contribution in [3.8, 4) is 6.07 Å². The van der Waals surface area contributed by atoms with Gasteiger partial charge in [-0.25, -0.2) is 4.98 Å². The lowest BCUT2D eigenvalue weighted by molar-refractivity contribution is 0.321. The Hall–Kier alpha value is -2.08. The fraction of sp³-hybridized carbons (Fsp3) is 0.375. The van der Waals surface area contributed by atoms with Crippen LogP contribution in [0.2, 0.25) is 0 Å². The van der Waals surface area contributed by atoms with E-state index in [9.17, 15) is 0 Å². The monoisotopic (exact) mass is 251 g/mol. The van der Waals surface area contributed by atoms with E-state index in [-0.39, 0.29) is 0 Å². The molecular weight excluding hydrogens is 234 g/mol. The van der Waals surface area contributed by atoms with Crippen LogP contribution in [0.25, 0.3) is 10.9 Å². The minimum atomic E-state index is 0.495. The number of nitriles is 1. The molecule has 0 radical (unpaired) electrons. The zero-order valence-corrected chi connectivity index (χ0v) is 11.1. The number of fused-ring (bicyclic) bond motifs is 1. The van der Waals surface area contributed by atoms with Gasteiger partial charge in [0.15, 0.2) is 0 Å². The molecule has 19 heavy (non-hydrogen) atoms. The highest BCUT2D eigenvalue weighted by atomic mass is 15.1. The molecule has 1 aliphatic rings. The Kier molecular flexibility index (Phi) is 3.08. The molecule has 0 bridgehead atoms. The van der Waals surface area contributed by atoms with Crippen molar-refractivity contribution in [1.82, 2.24) is 4.98 Å². The van der Waals surface area contributed by atoms with E-state index >= 15 is 0 Å². The van der Waals surface area contributed by atoms with Crippen LogP contribution in [0.1, 0.15) is 25.0 Å². The van der Waals surface area contributed by atoms with Gasteiger partial charge in [0, 0.05) is 24.7 Å². The van der Waals surface area contributed by atoms with Gasteiger partial charge in [-0.1, -0.05) is 24.6 Å². The lowest BCUT2D eigenvalue weighted by atomic mass is 9.85. The van der Waals surface area contributed by atoms with Gasteiger partial charge in [-0.3, -0.25) is 0 Å². The Morgan fingerprint density at radius 1 is 1.37 bits per heavy atom. The van der Waals surface area contributed by atoms with Gasteiger partial charge in [-0.2, -0.15) is 5.26 Å². The molecule has 3 nitrogen and oxygen atoms in total. The van der Waals surface area contributed by atoms with Crippen molar-refractivity contribution in [2.24, 2.45) is 5.92 Å². The van der Waals surface area contributed by atoms with Gasteiger partial charge in [-0.15, -0.1) is 0 Å². The Bertz CT molecular complexity index is 638. The molecule has 1 fully saturated rings. The first-order valence-corrected chi connectivity index (χ1v) is 6.79. The molecule has 0 N–H and O–H groups in total. The van der Waals surface area contributed by atoms with Crippen molar-refractivity contribution in [3.63, 3.8) is 0 Å². The predicted molar refractivity (Wildman–Crippen MR) is 77.1 cm³/mol. The van der Waals surface area contributed by atoms with Gasteiger partial charge in [0.05, 0.1) is 5.52 Å².